The largest absolute Gasteiger partial charge is 0.480 e. The van der Waals surface area contributed by atoms with Gasteiger partial charge in [0.1, 0.15) is 5.82 Å². The number of nitriles is 1. The summed E-state index contributed by atoms with van der Waals surface area (Å²) >= 11 is 6.49. The van der Waals surface area contributed by atoms with Crippen LogP contribution in [0.3, 0.4) is 0 Å². The number of fused-ring (bicyclic) bond motifs is 2. The maximum Gasteiger partial charge on any atom is 0.337 e. The summed E-state index contributed by atoms with van der Waals surface area (Å²) in [4.78, 5) is 21.2. The molecule has 1 aliphatic heterocycles. The number of carbonyl (C=O) groups is 1. The number of nitrogens with zero attached hydrogens (tertiary/aromatic N) is 3. The maximum absolute atomic E-state index is 11.5. The number of piperidine rings is 1. The van der Waals surface area contributed by atoms with E-state index in [2.05, 4.69) is 20.9 Å². The van der Waals surface area contributed by atoms with Crippen LogP contribution in [0.2, 0.25) is 5.02 Å². The lowest BCUT2D eigenvalue weighted by atomic mass is 10.0. The van der Waals surface area contributed by atoms with Gasteiger partial charge in [-0.3, -0.25) is 0 Å². The van der Waals surface area contributed by atoms with Crippen molar-refractivity contribution < 1.29 is 14.6 Å². The van der Waals surface area contributed by atoms with E-state index in [-0.39, 0.29) is 11.0 Å². The molecular formula is C21H17ClN4O3. The molecular weight excluding hydrogens is 392 g/mol. The predicted octanol–water partition coefficient (Wildman–Crippen LogP) is 3.94. The second-order valence-corrected chi connectivity index (χ2v) is 8.07. The van der Waals surface area contributed by atoms with Gasteiger partial charge in [0.15, 0.2) is 0 Å². The van der Waals surface area contributed by atoms with Crippen molar-refractivity contribution in [2.45, 2.75) is 6.42 Å². The Morgan fingerprint density at radius 3 is 2.97 bits per heavy atom. The minimum absolute atomic E-state index is 0.180. The number of carboxylic acids is 1. The molecule has 3 aromatic rings. The van der Waals surface area contributed by atoms with Crippen LogP contribution < -0.4 is 9.64 Å². The zero-order valence-corrected chi connectivity index (χ0v) is 16.3. The topological polar surface area (TPSA) is 102 Å². The molecule has 0 amide bonds. The molecule has 2 atom stereocenters. The van der Waals surface area contributed by atoms with Gasteiger partial charge < -0.3 is 19.7 Å². The molecule has 2 aliphatic rings. The second-order valence-electron chi connectivity index (χ2n) is 7.66. The number of aromatic amines is 1. The summed E-state index contributed by atoms with van der Waals surface area (Å²) in [5.41, 5.74) is 1.94. The fourth-order valence-corrected chi connectivity index (χ4v) is 4.59. The molecule has 0 radical (unpaired) electrons. The van der Waals surface area contributed by atoms with E-state index in [0.717, 1.165) is 18.8 Å². The number of carboxylic acid groups (broad SMARTS) is 1. The van der Waals surface area contributed by atoms with E-state index < -0.39 is 5.97 Å². The van der Waals surface area contributed by atoms with Gasteiger partial charge in [0.05, 0.1) is 29.2 Å². The normalized spacial score (nSPS) is 22.4. The van der Waals surface area contributed by atoms with Gasteiger partial charge in [-0.2, -0.15) is 10.2 Å². The van der Waals surface area contributed by atoms with E-state index >= 15 is 0 Å². The highest BCUT2D eigenvalue weighted by Gasteiger charge is 2.61. The van der Waals surface area contributed by atoms with Crippen LogP contribution in [0.4, 0.5) is 5.82 Å². The third-order valence-electron chi connectivity index (χ3n) is 6.02. The first-order chi connectivity index (χ1) is 14.0. The molecule has 1 aliphatic carbocycles. The molecule has 7 nitrogen and oxygen atoms in total. The van der Waals surface area contributed by atoms with Gasteiger partial charge in [-0.25, -0.2) is 4.79 Å². The molecule has 0 spiro atoms. The zero-order valence-electron chi connectivity index (χ0n) is 15.6. The van der Waals surface area contributed by atoms with Crippen LogP contribution in [0.15, 0.2) is 30.5 Å². The first-order valence-electron chi connectivity index (χ1n) is 9.21. The standard InChI is InChI=1S/C21H17ClN4O3/c1-29-19-12(2-3-18(25-19)26-8-11-6-21(11,9-23)10-26)13-4-14-15(20(27)28)7-24-17(14)5-16(13)22/h2-5,7,11,24H,6,8,10H2,1H3,(H,27,28)/t11?,21-/m0/s1. The minimum Gasteiger partial charge on any atom is -0.480 e. The van der Waals surface area contributed by atoms with Gasteiger partial charge >= 0.3 is 5.97 Å². The van der Waals surface area contributed by atoms with E-state index in [4.69, 9.17) is 16.3 Å². The van der Waals surface area contributed by atoms with Crippen molar-refractivity contribution in [3.63, 3.8) is 0 Å². The van der Waals surface area contributed by atoms with Crippen molar-refractivity contribution in [1.82, 2.24) is 9.97 Å². The number of nitrogens with one attached hydrogen (secondary N) is 1. The van der Waals surface area contributed by atoms with Gasteiger partial charge in [0, 0.05) is 41.3 Å². The van der Waals surface area contributed by atoms with Crippen molar-refractivity contribution >= 4 is 34.3 Å². The number of rotatable bonds is 4. The number of aromatic nitrogens is 2. The van der Waals surface area contributed by atoms with Crippen LogP contribution in [0.25, 0.3) is 22.0 Å². The van der Waals surface area contributed by atoms with Crippen LogP contribution in [0.1, 0.15) is 16.8 Å². The summed E-state index contributed by atoms with van der Waals surface area (Å²) in [5.74, 6) is 0.573. The highest BCUT2D eigenvalue weighted by atomic mass is 35.5. The Kier molecular flexibility index (Phi) is 3.77. The molecule has 1 saturated carbocycles. The van der Waals surface area contributed by atoms with Crippen molar-refractivity contribution in [3.8, 4) is 23.1 Å². The summed E-state index contributed by atoms with van der Waals surface area (Å²) in [6, 6.07) is 9.67. The van der Waals surface area contributed by atoms with Gasteiger partial charge in [0.25, 0.3) is 0 Å². The number of H-pyrrole nitrogens is 1. The molecule has 3 heterocycles. The van der Waals surface area contributed by atoms with Crippen molar-refractivity contribution in [2.75, 3.05) is 25.1 Å². The highest BCUT2D eigenvalue weighted by Crippen LogP contribution is 2.57. The molecule has 8 heteroatoms. The maximum atomic E-state index is 11.5. The summed E-state index contributed by atoms with van der Waals surface area (Å²) in [7, 11) is 1.54. The highest BCUT2D eigenvalue weighted by molar-refractivity contribution is 6.34. The SMILES string of the molecule is COc1nc(N2CC3C[C@]3(C#N)C2)ccc1-c1cc2c(C(=O)O)c[nH]c2cc1Cl. The Hall–Kier alpha value is -3.24. The molecule has 0 bridgehead atoms. The lowest BCUT2D eigenvalue weighted by molar-refractivity contribution is 0.0699. The number of benzene rings is 1. The third-order valence-corrected chi connectivity index (χ3v) is 6.33. The quantitative estimate of drug-likeness (QED) is 0.677. The zero-order chi connectivity index (χ0) is 20.3. The number of halogens is 1. The minimum atomic E-state index is -1.01. The number of pyridine rings is 1. The monoisotopic (exact) mass is 408 g/mol. The fraction of sp³-hybridized carbons (Fsp3) is 0.286. The summed E-state index contributed by atoms with van der Waals surface area (Å²) in [6.07, 6.45) is 2.42. The Labute approximate surface area is 171 Å². The smallest absolute Gasteiger partial charge is 0.337 e. The molecule has 2 fully saturated rings. The van der Waals surface area contributed by atoms with E-state index in [1.165, 1.54) is 6.20 Å². The van der Waals surface area contributed by atoms with E-state index in [9.17, 15) is 15.2 Å². The van der Waals surface area contributed by atoms with E-state index in [0.29, 0.717) is 45.4 Å². The van der Waals surface area contributed by atoms with Gasteiger partial charge in [0.2, 0.25) is 5.88 Å². The van der Waals surface area contributed by atoms with Gasteiger partial charge in [-0.1, -0.05) is 11.6 Å². The van der Waals surface area contributed by atoms with E-state index in [1.807, 2.05) is 12.1 Å². The van der Waals surface area contributed by atoms with Crippen LogP contribution in [-0.2, 0) is 0 Å². The lowest BCUT2D eigenvalue weighted by Gasteiger charge is -2.21. The van der Waals surface area contributed by atoms with E-state index in [1.54, 1.807) is 19.2 Å². The first-order valence-corrected chi connectivity index (χ1v) is 9.59. The summed E-state index contributed by atoms with van der Waals surface area (Å²) < 4.78 is 5.53. The molecule has 146 valence electrons. The average Bonchev–Trinajstić information content (AvgIpc) is 3.06. The van der Waals surface area contributed by atoms with Gasteiger partial charge in [-0.15, -0.1) is 0 Å². The number of aromatic carboxylic acids is 1. The second kappa shape index (κ2) is 6.13. The lowest BCUT2D eigenvalue weighted by Crippen LogP contribution is -2.25. The molecule has 2 aromatic heterocycles. The molecule has 1 saturated heterocycles. The Bertz CT molecular complexity index is 1210. The molecule has 1 unspecified atom stereocenters. The Morgan fingerprint density at radius 2 is 2.28 bits per heavy atom. The average molecular weight is 409 g/mol. The predicted molar refractivity (Wildman–Crippen MR) is 108 cm³/mol. The van der Waals surface area contributed by atoms with Crippen LogP contribution in [0, 0.1) is 22.7 Å². The number of methoxy groups -OCH3 is 1. The molecule has 2 N–H and O–H groups in total. The number of hydrogen-bond acceptors (Lipinski definition) is 5. The molecule has 1 aromatic carbocycles. The fourth-order valence-electron chi connectivity index (χ4n) is 4.33. The van der Waals surface area contributed by atoms with Crippen molar-refractivity contribution in [1.29, 1.82) is 5.26 Å². The summed E-state index contributed by atoms with van der Waals surface area (Å²) in [5, 5.41) is 19.8. The number of hydrogen-bond donors (Lipinski definition) is 2. The van der Waals surface area contributed by atoms with Crippen LogP contribution in [-0.4, -0.2) is 41.2 Å². The van der Waals surface area contributed by atoms with Crippen LogP contribution >= 0.6 is 11.6 Å². The summed E-state index contributed by atoms with van der Waals surface area (Å²) in [6.45, 7) is 1.50. The van der Waals surface area contributed by atoms with Gasteiger partial charge in [-0.05, 0) is 36.6 Å². The molecule has 5 rings (SSSR count). The molecule has 29 heavy (non-hydrogen) atoms. The first kappa shape index (κ1) is 17.8. The third kappa shape index (κ3) is 2.64. The van der Waals surface area contributed by atoms with Crippen molar-refractivity contribution in [2.24, 2.45) is 11.3 Å². The van der Waals surface area contributed by atoms with Crippen LogP contribution in [0.5, 0.6) is 5.88 Å². The number of anilines is 1. The van der Waals surface area contributed by atoms with Crippen molar-refractivity contribution in [3.05, 3.63) is 41.0 Å². The Morgan fingerprint density at radius 1 is 1.45 bits per heavy atom. The Balaban J connectivity index is 1.56. The number of ether oxygens (including phenoxy) is 1.